The molecule has 8 nitrogen and oxygen atoms in total. The van der Waals surface area contributed by atoms with Crippen LogP contribution in [0.25, 0.3) is 11.1 Å². The number of nitrogens with two attached hydrogens (primary N) is 1. The van der Waals surface area contributed by atoms with Crippen molar-refractivity contribution >= 4 is 34.3 Å². The SMILES string of the molecule is Cc1[nH]c2c(c1C(N)=O)CCC/C2=C1/C(=O)Nc2ccc([N+](=O)[O-])cc21. The Morgan fingerprint density at radius 2 is 2.08 bits per heavy atom. The number of non-ortho nitro benzene ring substituents is 1. The summed E-state index contributed by atoms with van der Waals surface area (Å²) in [5.74, 6) is -0.797. The molecule has 0 bridgehead atoms. The number of hydrogen-bond donors (Lipinski definition) is 3. The van der Waals surface area contributed by atoms with Crippen LogP contribution >= 0.6 is 0 Å². The molecule has 4 N–H and O–H groups in total. The number of H-pyrrole nitrogens is 1. The zero-order chi connectivity index (χ0) is 18.6. The molecule has 0 saturated heterocycles. The number of benzene rings is 1. The molecule has 2 heterocycles. The molecule has 0 fully saturated rings. The van der Waals surface area contributed by atoms with E-state index in [-0.39, 0.29) is 11.6 Å². The summed E-state index contributed by atoms with van der Waals surface area (Å²) in [6.07, 6.45) is 2.09. The van der Waals surface area contributed by atoms with Crippen LogP contribution in [-0.4, -0.2) is 21.7 Å². The fraction of sp³-hybridized carbons (Fsp3) is 0.222. The summed E-state index contributed by atoms with van der Waals surface area (Å²) in [7, 11) is 0. The highest BCUT2D eigenvalue weighted by Crippen LogP contribution is 2.43. The first kappa shape index (κ1) is 16.1. The van der Waals surface area contributed by atoms with Crippen molar-refractivity contribution in [1.29, 1.82) is 0 Å². The number of anilines is 1. The first-order valence-electron chi connectivity index (χ1n) is 8.23. The van der Waals surface area contributed by atoms with Crippen molar-refractivity contribution in [2.75, 3.05) is 5.32 Å². The van der Waals surface area contributed by atoms with E-state index in [4.69, 9.17) is 5.73 Å². The Hall–Kier alpha value is -3.42. The van der Waals surface area contributed by atoms with Gasteiger partial charge in [-0.3, -0.25) is 19.7 Å². The van der Waals surface area contributed by atoms with Gasteiger partial charge in [-0.1, -0.05) is 0 Å². The summed E-state index contributed by atoms with van der Waals surface area (Å²) >= 11 is 0. The molecular weight excluding hydrogens is 336 g/mol. The fourth-order valence-corrected chi connectivity index (χ4v) is 3.90. The molecule has 0 spiro atoms. The number of nitrogens with one attached hydrogen (secondary N) is 2. The Kier molecular flexibility index (Phi) is 3.43. The molecule has 4 rings (SSSR count). The third-order valence-electron chi connectivity index (χ3n) is 4.95. The Morgan fingerprint density at radius 1 is 1.31 bits per heavy atom. The highest BCUT2D eigenvalue weighted by Gasteiger charge is 2.33. The minimum atomic E-state index is -0.502. The number of aryl methyl sites for hydroxylation is 1. The van der Waals surface area contributed by atoms with Gasteiger partial charge in [0.15, 0.2) is 0 Å². The van der Waals surface area contributed by atoms with Crippen molar-refractivity contribution in [2.24, 2.45) is 5.73 Å². The number of aromatic amines is 1. The van der Waals surface area contributed by atoms with Gasteiger partial charge in [0.25, 0.3) is 17.5 Å². The molecule has 1 aliphatic heterocycles. The highest BCUT2D eigenvalue weighted by atomic mass is 16.6. The number of carbonyl (C=O) groups excluding carboxylic acids is 2. The van der Waals surface area contributed by atoms with Crippen LogP contribution in [0.5, 0.6) is 0 Å². The maximum Gasteiger partial charge on any atom is 0.270 e. The van der Waals surface area contributed by atoms with E-state index in [1.54, 1.807) is 6.92 Å². The average Bonchev–Trinajstić information content (AvgIpc) is 3.09. The normalized spacial score (nSPS) is 18.3. The molecule has 0 radical (unpaired) electrons. The van der Waals surface area contributed by atoms with Gasteiger partial charge >= 0.3 is 0 Å². The van der Waals surface area contributed by atoms with E-state index in [1.165, 1.54) is 18.2 Å². The lowest BCUT2D eigenvalue weighted by Gasteiger charge is -2.18. The minimum Gasteiger partial charge on any atom is -0.366 e. The van der Waals surface area contributed by atoms with Gasteiger partial charge in [-0.25, -0.2) is 0 Å². The Bertz CT molecular complexity index is 1030. The number of nitro benzene ring substituents is 1. The van der Waals surface area contributed by atoms with Gasteiger partial charge in [-0.15, -0.1) is 0 Å². The number of fused-ring (bicyclic) bond motifs is 2. The molecule has 0 atom stereocenters. The summed E-state index contributed by atoms with van der Waals surface area (Å²) in [6.45, 7) is 1.77. The van der Waals surface area contributed by atoms with E-state index in [1.807, 2.05) is 0 Å². The van der Waals surface area contributed by atoms with Gasteiger partial charge in [-0.05, 0) is 43.4 Å². The lowest BCUT2D eigenvalue weighted by atomic mass is 9.86. The van der Waals surface area contributed by atoms with Gasteiger partial charge in [0.05, 0.1) is 16.1 Å². The van der Waals surface area contributed by atoms with Crippen LogP contribution in [0.1, 0.15) is 45.7 Å². The van der Waals surface area contributed by atoms with Crippen LogP contribution in [-0.2, 0) is 11.2 Å². The number of hydrogen-bond acceptors (Lipinski definition) is 4. The second-order valence-corrected chi connectivity index (χ2v) is 6.49. The zero-order valence-electron chi connectivity index (χ0n) is 14.0. The number of nitro groups is 1. The van der Waals surface area contributed by atoms with Crippen molar-refractivity contribution in [3.8, 4) is 0 Å². The zero-order valence-corrected chi connectivity index (χ0v) is 14.0. The van der Waals surface area contributed by atoms with Gasteiger partial charge in [0.2, 0.25) is 0 Å². The van der Waals surface area contributed by atoms with Crippen molar-refractivity contribution in [1.82, 2.24) is 4.98 Å². The van der Waals surface area contributed by atoms with Crippen LogP contribution < -0.4 is 11.1 Å². The van der Waals surface area contributed by atoms with E-state index in [9.17, 15) is 19.7 Å². The molecule has 2 aromatic rings. The second-order valence-electron chi connectivity index (χ2n) is 6.49. The van der Waals surface area contributed by atoms with Gasteiger partial charge in [0, 0.05) is 34.8 Å². The van der Waals surface area contributed by atoms with Crippen LogP contribution in [0.2, 0.25) is 0 Å². The summed E-state index contributed by atoms with van der Waals surface area (Å²) in [4.78, 5) is 38.2. The van der Waals surface area contributed by atoms with Gasteiger partial charge in [0.1, 0.15) is 0 Å². The largest absolute Gasteiger partial charge is 0.366 e. The van der Waals surface area contributed by atoms with Crippen molar-refractivity contribution < 1.29 is 14.5 Å². The third-order valence-corrected chi connectivity index (χ3v) is 4.95. The van der Waals surface area contributed by atoms with Crippen molar-refractivity contribution in [3.05, 3.63) is 56.4 Å². The summed E-state index contributed by atoms with van der Waals surface area (Å²) in [6, 6.07) is 4.31. The first-order chi connectivity index (χ1) is 12.4. The molecular formula is C18H16N4O4. The number of amides is 2. The van der Waals surface area contributed by atoms with E-state index in [2.05, 4.69) is 10.3 Å². The Balaban J connectivity index is 1.97. The number of allylic oxidation sites excluding steroid dienone is 1. The molecule has 2 aliphatic rings. The number of primary amides is 1. The van der Waals surface area contributed by atoms with Crippen LogP contribution in [0, 0.1) is 17.0 Å². The molecule has 1 aromatic carbocycles. The fourth-order valence-electron chi connectivity index (χ4n) is 3.90. The predicted molar refractivity (Wildman–Crippen MR) is 95.5 cm³/mol. The maximum atomic E-state index is 12.6. The molecule has 8 heteroatoms. The number of carbonyl (C=O) groups is 2. The molecule has 1 aliphatic carbocycles. The average molecular weight is 352 g/mol. The van der Waals surface area contributed by atoms with Crippen molar-refractivity contribution in [2.45, 2.75) is 26.2 Å². The molecule has 2 amide bonds. The Morgan fingerprint density at radius 3 is 2.77 bits per heavy atom. The molecule has 1 aromatic heterocycles. The lowest BCUT2D eigenvalue weighted by molar-refractivity contribution is -0.384. The second kappa shape index (κ2) is 5.55. The minimum absolute atomic E-state index is 0.0742. The first-order valence-corrected chi connectivity index (χ1v) is 8.23. The summed E-state index contributed by atoms with van der Waals surface area (Å²) in [5, 5.41) is 13.9. The van der Waals surface area contributed by atoms with E-state index >= 15 is 0 Å². The van der Waals surface area contributed by atoms with Crippen LogP contribution in [0.15, 0.2) is 18.2 Å². The van der Waals surface area contributed by atoms with E-state index in [0.29, 0.717) is 40.9 Å². The quantitative estimate of drug-likeness (QED) is 0.435. The predicted octanol–water partition coefficient (Wildman–Crippen LogP) is 2.53. The number of nitrogens with zero attached hydrogens (tertiary/aromatic N) is 1. The number of aromatic nitrogens is 1. The molecule has 0 unspecified atom stereocenters. The van der Waals surface area contributed by atoms with Gasteiger partial charge < -0.3 is 16.0 Å². The van der Waals surface area contributed by atoms with E-state index < -0.39 is 10.8 Å². The standard InChI is InChI=1S/C18H16N4O4/c1-8-14(17(19)23)10-3-2-4-11(16(10)20-8)15-12-7-9(22(25)26)5-6-13(12)21-18(15)24/h5-7,20H,2-4H2,1H3,(H2,19,23)(H,21,24)/b15-11-. The topological polar surface area (TPSA) is 131 Å². The monoisotopic (exact) mass is 352 g/mol. The summed E-state index contributed by atoms with van der Waals surface area (Å²) in [5.41, 5.74) is 10.4. The van der Waals surface area contributed by atoms with E-state index in [0.717, 1.165) is 23.3 Å². The number of rotatable bonds is 2. The Labute approximate surface area is 148 Å². The maximum absolute atomic E-state index is 12.6. The van der Waals surface area contributed by atoms with Crippen LogP contribution in [0.4, 0.5) is 11.4 Å². The molecule has 132 valence electrons. The highest BCUT2D eigenvalue weighted by molar-refractivity contribution is 6.37. The molecule has 0 saturated carbocycles. The van der Waals surface area contributed by atoms with Crippen molar-refractivity contribution in [3.63, 3.8) is 0 Å². The van der Waals surface area contributed by atoms with Crippen LogP contribution in [0.3, 0.4) is 0 Å². The smallest absolute Gasteiger partial charge is 0.270 e. The third kappa shape index (κ3) is 2.22. The van der Waals surface area contributed by atoms with Gasteiger partial charge in [-0.2, -0.15) is 0 Å². The molecule has 26 heavy (non-hydrogen) atoms. The summed E-state index contributed by atoms with van der Waals surface area (Å²) < 4.78 is 0. The lowest BCUT2D eigenvalue weighted by Crippen LogP contribution is -2.15.